The Morgan fingerprint density at radius 3 is 2.32 bits per heavy atom. The number of amides is 1. The van der Waals surface area contributed by atoms with Gasteiger partial charge < -0.3 is 14.8 Å². The third-order valence-electron chi connectivity index (χ3n) is 4.62. The van der Waals surface area contributed by atoms with Gasteiger partial charge in [-0.25, -0.2) is 4.79 Å². The molecular formula is C26H25NO4. The van der Waals surface area contributed by atoms with Crippen LogP contribution in [-0.4, -0.2) is 32.1 Å². The molecule has 0 unspecified atom stereocenters. The van der Waals surface area contributed by atoms with Crippen LogP contribution in [0.25, 0.3) is 11.6 Å². The fourth-order valence-electron chi connectivity index (χ4n) is 3.03. The van der Waals surface area contributed by atoms with E-state index in [1.165, 1.54) is 0 Å². The first-order valence-electron chi connectivity index (χ1n) is 10.0. The van der Waals surface area contributed by atoms with Crippen molar-refractivity contribution in [3.05, 3.63) is 102 Å². The summed E-state index contributed by atoms with van der Waals surface area (Å²) in [5, 5.41) is 2.78. The second-order valence-electron chi connectivity index (χ2n) is 6.86. The van der Waals surface area contributed by atoms with E-state index in [1.807, 2.05) is 84.9 Å². The van der Waals surface area contributed by atoms with Crippen LogP contribution in [0.1, 0.15) is 16.7 Å². The Balaban J connectivity index is 1.63. The van der Waals surface area contributed by atoms with Crippen LogP contribution in [-0.2, 0) is 20.7 Å². The molecule has 1 N–H and O–H groups in total. The first-order valence-corrected chi connectivity index (χ1v) is 10.0. The molecule has 0 aliphatic carbocycles. The van der Waals surface area contributed by atoms with Crippen LogP contribution in [0.2, 0.25) is 0 Å². The van der Waals surface area contributed by atoms with Crippen LogP contribution in [0.4, 0.5) is 0 Å². The topological polar surface area (TPSA) is 64.6 Å². The lowest BCUT2D eigenvalue weighted by atomic mass is 10.0. The van der Waals surface area contributed by atoms with Gasteiger partial charge in [0.05, 0.1) is 12.7 Å². The zero-order chi connectivity index (χ0) is 21.9. The number of carbonyl (C=O) groups is 2. The van der Waals surface area contributed by atoms with Crippen molar-refractivity contribution in [1.29, 1.82) is 0 Å². The van der Waals surface area contributed by atoms with E-state index in [4.69, 9.17) is 9.47 Å². The molecule has 0 bridgehead atoms. The van der Waals surface area contributed by atoms with E-state index in [1.54, 1.807) is 13.2 Å². The Bertz CT molecular complexity index is 1030. The van der Waals surface area contributed by atoms with E-state index in [-0.39, 0.29) is 12.5 Å². The number of methoxy groups -OCH3 is 1. The van der Waals surface area contributed by atoms with Crippen molar-refractivity contribution >= 4 is 23.5 Å². The molecule has 0 saturated heterocycles. The quantitative estimate of drug-likeness (QED) is 0.324. The monoisotopic (exact) mass is 415 g/mol. The predicted octanol–water partition coefficient (Wildman–Crippen LogP) is 4.14. The van der Waals surface area contributed by atoms with Crippen molar-refractivity contribution in [2.24, 2.45) is 0 Å². The summed E-state index contributed by atoms with van der Waals surface area (Å²) in [4.78, 5) is 24.9. The lowest BCUT2D eigenvalue weighted by molar-refractivity contribution is -0.142. The van der Waals surface area contributed by atoms with Crippen molar-refractivity contribution in [3.8, 4) is 5.75 Å². The standard InChI is InChI=1S/C26H25NO4/c1-30-23-14-8-11-21(17-23)18-24(22-12-6-3-7-13-22)26(29)31-19-25(28)27-16-15-20-9-4-2-5-10-20/h2-14,17-18H,15-16,19H2,1H3,(H,27,28)/b24-18+. The van der Waals surface area contributed by atoms with Crippen molar-refractivity contribution in [2.45, 2.75) is 6.42 Å². The zero-order valence-corrected chi connectivity index (χ0v) is 17.4. The van der Waals surface area contributed by atoms with E-state index < -0.39 is 5.97 Å². The van der Waals surface area contributed by atoms with Gasteiger partial charge in [0.1, 0.15) is 5.75 Å². The molecule has 5 heteroatoms. The third-order valence-corrected chi connectivity index (χ3v) is 4.62. The molecule has 0 aliphatic rings. The van der Waals surface area contributed by atoms with E-state index >= 15 is 0 Å². The molecule has 0 aromatic heterocycles. The second-order valence-corrected chi connectivity index (χ2v) is 6.86. The fraction of sp³-hybridized carbons (Fsp3) is 0.154. The molecule has 3 rings (SSSR count). The van der Waals surface area contributed by atoms with Gasteiger partial charge in [-0.3, -0.25) is 4.79 Å². The summed E-state index contributed by atoms with van der Waals surface area (Å²) in [6.45, 7) is 0.140. The number of benzene rings is 3. The molecule has 0 spiro atoms. The number of esters is 1. The molecule has 1 amide bonds. The Morgan fingerprint density at radius 2 is 1.61 bits per heavy atom. The first kappa shape index (κ1) is 21.8. The highest BCUT2D eigenvalue weighted by molar-refractivity contribution is 6.21. The molecule has 0 heterocycles. The molecular weight excluding hydrogens is 390 g/mol. The Kier molecular flexibility index (Phi) is 8.00. The van der Waals surface area contributed by atoms with Gasteiger partial charge >= 0.3 is 5.97 Å². The minimum atomic E-state index is -0.563. The summed E-state index contributed by atoms with van der Waals surface area (Å²) in [6.07, 6.45) is 2.44. The van der Waals surface area contributed by atoms with Gasteiger partial charge in [0.25, 0.3) is 5.91 Å². The Morgan fingerprint density at radius 1 is 0.903 bits per heavy atom. The number of hydrogen-bond donors (Lipinski definition) is 1. The molecule has 0 fully saturated rings. The van der Waals surface area contributed by atoms with Crippen LogP contribution >= 0.6 is 0 Å². The number of rotatable bonds is 9. The molecule has 31 heavy (non-hydrogen) atoms. The van der Waals surface area contributed by atoms with Gasteiger partial charge in [-0.1, -0.05) is 72.8 Å². The van der Waals surface area contributed by atoms with Crippen LogP contribution in [0, 0.1) is 0 Å². The Labute approximate surface area is 182 Å². The number of nitrogens with one attached hydrogen (secondary N) is 1. The molecule has 3 aromatic rings. The van der Waals surface area contributed by atoms with Gasteiger partial charge in [-0.2, -0.15) is 0 Å². The van der Waals surface area contributed by atoms with Gasteiger partial charge in [0, 0.05) is 6.54 Å². The van der Waals surface area contributed by atoms with Gasteiger partial charge in [0.2, 0.25) is 0 Å². The average molecular weight is 415 g/mol. The predicted molar refractivity (Wildman–Crippen MR) is 121 cm³/mol. The molecule has 0 atom stereocenters. The molecule has 0 aliphatic heterocycles. The molecule has 158 valence electrons. The highest BCUT2D eigenvalue weighted by Gasteiger charge is 2.15. The summed E-state index contributed by atoms with van der Waals surface area (Å²) in [5.74, 6) is -0.211. The SMILES string of the molecule is COc1cccc(/C=C(/C(=O)OCC(=O)NCCc2ccccc2)c2ccccc2)c1. The van der Waals surface area contributed by atoms with Crippen LogP contribution < -0.4 is 10.1 Å². The highest BCUT2D eigenvalue weighted by Crippen LogP contribution is 2.22. The maximum atomic E-state index is 12.8. The maximum absolute atomic E-state index is 12.8. The minimum Gasteiger partial charge on any atom is -0.497 e. The molecule has 3 aromatic carbocycles. The number of hydrogen-bond acceptors (Lipinski definition) is 4. The third kappa shape index (κ3) is 6.85. The Hall–Kier alpha value is -3.86. The van der Waals surface area contributed by atoms with Crippen LogP contribution in [0.3, 0.4) is 0 Å². The van der Waals surface area contributed by atoms with E-state index in [9.17, 15) is 9.59 Å². The number of ether oxygens (including phenoxy) is 2. The normalized spacial score (nSPS) is 10.9. The first-order chi connectivity index (χ1) is 15.2. The largest absolute Gasteiger partial charge is 0.497 e. The van der Waals surface area contributed by atoms with E-state index in [2.05, 4.69) is 5.32 Å². The zero-order valence-electron chi connectivity index (χ0n) is 17.4. The summed E-state index contributed by atoms with van der Waals surface area (Å²) >= 11 is 0. The van der Waals surface area contributed by atoms with E-state index in [0.717, 1.165) is 11.1 Å². The lowest BCUT2D eigenvalue weighted by Crippen LogP contribution is -2.30. The summed E-state index contributed by atoms with van der Waals surface area (Å²) < 4.78 is 10.6. The van der Waals surface area contributed by atoms with Crippen molar-refractivity contribution in [1.82, 2.24) is 5.32 Å². The maximum Gasteiger partial charge on any atom is 0.339 e. The van der Waals surface area contributed by atoms with Crippen molar-refractivity contribution < 1.29 is 19.1 Å². The van der Waals surface area contributed by atoms with Gasteiger partial charge in [-0.15, -0.1) is 0 Å². The summed E-state index contributed by atoms with van der Waals surface area (Å²) in [5.41, 5.74) is 3.00. The number of carbonyl (C=O) groups excluding carboxylic acids is 2. The lowest BCUT2D eigenvalue weighted by Gasteiger charge is -2.10. The van der Waals surface area contributed by atoms with Crippen LogP contribution in [0.15, 0.2) is 84.9 Å². The van der Waals surface area contributed by atoms with Crippen molar-refractivity contribution in [3.63, 3.8) is 0 Å². The summed E-state index contributed by atoms with van der Waals surface area (Å²) in [7, 11) is 1.59. The summed E-state index contributed by atoms with van der Waals surface area (Å²) in [6, 6.07) is 26.5. The van der Waals surface area contributed by atoms with Gasteiger partial charge in [0.15, 0.2) is 6.61 Å². The molecule has 0 radical (unpaired) electrons. The van der Waals surface area contributed by atoms with Crippen molar-refractivity contribution in [2.75, 3.05) is 20.3 Å². The highest BCUT2D eigenvalue weighted by atomic mass is 16.5. The average Bonchev–Trinajstić information content (AvgIpc) is 2.82. The second kappa shape index (κ2) is 11.4. The van der Waals surface area contributed by atoms with Crippen LogP contribution in [0.5, 0.6) is 5.75 Å². The molecule has 5 nitrogen and oxygen atoms in total. The minimum absolute atomic E-state index is 0.335. The molecule has 0 saturated carbocycles. The smallest absolute Gasteiger partial charge is 0.339 e. The van der Waals surface area contributed by atoms with Gasteiger partial charge in [-0.05, 0) is 41.3 Å². The van der Waals surface area contributed by atoms with E-state index in [0.29, 0.717) is 29.9 Å². The fourth-order valence-corrected chi connectivity index (χ4v) is 3.03.